The van der Waals surface area contributed by atoms with Gasteiger partial charge in [-0.15, -0.1) is 0 Å². The average Bonchev–Trinajstić information content (AvgIpc) is 2.73. The van der Waals surface area contributed by atoms with Crippen LogP contribution in [0.2, 0.25) is 0 Å². The highest BCUT2D eigenvalue weighted by Crippen LogP contribution is 2.22. The maximum Gasteiger partial charge on any atom is 0.138 e. The largest absolute Gasteiger partial charge is 0.508 e. The summed E-state index contributed by atoms with van der Waals surface area (Å²) in [6.45, 7) is 0. The number of hydrogen-bond donors (Lipinski definition) is 2. The number of rotatable bonds is 1. The molecule has 0 radical (unpaired) electrons. The third-order valence-corrected chi connectivity index (χ3v) is 2.42. The monoisotopic (exact) mass is 211 g/mol. The Bertz CT molecular complexity index is 631. The topological polar surface area (TPSA) is 61.8 Å². The Balaban J connectivity index is 2.19. The van der Waals surface area contributed by atoms with Crippen LogP contribution in [-0.4, -0.2) is 20.1 Å². The molecule has 3 rings (SSSR count). The van der Waals surface area contributed by atoms with Crippen LogP contribution in [0.15, 0.2) is 42.7 Å². The van der Waals surface area contributed by atoms with Gasteiger partial charge in [-0.3, -0.25) is 4.98 Å². The molecule has 78 valence electrons. The molecule has 0 unspecified atom stereocenters. The molecule has 2 N–H and O–H groups in total. The number of aromatic hydroxyl groups is 1. The number of nitrogens with zero attached hydrogens (tertiary/aromatic N) is 2. The van der Waals surface area contributed by atoms with Gasteiger partial charge in [-0.1, -0.05) is 0 Å². The van der Waals surface area contributed by atoms with Crippen molar-refractivity contribution in [1.82, 2.24) is 15.0 Å². The minimum absolute atomic E-state index is 0.234. The summed E-state index contributed by atoms with van der Waals surface area (Å²) in [4.78, 5) is 11.5. The van der Waals surface area contributed by atoms with Crippen molar-refractivity contribution in [3.8, 4) is 17.1 Å². The number of aromatic amines is 1. The number of pyridine rings is 1. The Morgan fingerprint density at radius 3 is 2.69 bits per heavy atom. The lowest BCUT2D eigenvalue weighted by Gasteiger charge is -1.92. The molecule has 0 saturated carbocycles. The average molecular weight is 211 g/mol. The predicted octanol–water partition coefficient (Wildman–Crippen LogP) is 2.33. The van der Waals surface area contributed by atoms with E-state index in [0.717, 1.165) is 22.4 Å². The molecule has 0 saturated heterocycles. The van der Waals surface area contributed by atoms with Crippen molar-refractivity contribution in [2.45, 2.75) is 0 Å². The van der Waals surface area contributed by atoms with E-state index in [1.54, 1.807) is 30.6 Å². The summed E-state index contributed by atoms with van der Waals surface area (Å²) in [5.41, 5.74) is 2.64. The summed E-state index contributed by atoms with van der Waals surface area (Å²) in [5, 5.41) is 9.35. The van der Waals surface area contributed by atoms with Gasteiger partial charge in [-0.05, 0) is 24.3 Å². The van der Waals surface area contributed by atoms with Crippen LogP contribution < -0.4 is 0 Å². The van der Waals surface area contributed by atoms with Crippen molar-refractivity contribution in [2.24, 2.45) is 0 Å². The summed E-state index contributed by atoms with van der Waals surface area (Å²) in [5.74, 6) is 1.01. The standard InChI is InChI=1S/C12H9N3O/c16-9-1-2-10-11(7-9)15-12(14-10)8-3-5-13-6-4-8/h1-7,16H,(H,14,15). The highest BCUT2D eigenvalue weighted by Gasteiger charge is 2.04. The van der Waals surface area contributed by atoms with Gasteiger partial charge in [0, 0.05) is 24.0 Å². The van der Waals surface area contributed by atoms with Crippen molar-refractivity contribution >= 4 is 11.0 Å². The molecule has 0 aliphatic heterocycles. The summed E-state index contributed by atoms with van der Waals surface area (Å²) < 4.78 is 0. The number of imidazole rings is 1. The highest BCUT2D eigenvalue weighted by molar-refractivity contribution is 5.80. The Morgan fingerprint density at radius 1 is 1.06 bits per heavy atom. The van der Waals surface area contributed by atoms with Crippen LogP contribution in [0.5, 0.6) is 5.75 Å². The van der Waals surface area contributed by atoms with Gasteiger partial charge in [-0.2, -0.15) is 0 Å². The lowest BCUT2D eigenvalue weighted by atomic mass is 10.3. The molecule has 4 heteroatoms. The van der Waals surface area contributed by atoms with Crippen LogP contribution in [0.1, 0.15) is 0 Å². The lowest BCUT2D eigenvalue weighted by Crippen LogP contribution is -1.79. The normalized spacial score (nSPS) is 10.8. The SMILES string of the molecule is Oc1ccc2nc(-c3ccncc3)[nH]c2c1. The number of nitrogens with one attached hydrogen (secondary N) is 1. The number of H-pyrrole nitrogens is 1. The first-order valence-corrected chi connectivity index (χ1v) is 4.92. The first-order chi connectivity index (χ1) is 7.83. The fourth-order valence-corrected chi connectivity index (χ4v) is 1.64. The third-order valence-electron chi connectivity index (χ3n) is 2.42. The second-order valence-corrected chi connectivity index (χ2v) is 3.52. The second-order valence-electron chi connectivity index (χ2n) is 3.52. The molecule has 16 heavy (non-hydrogen) atoms. The zero-order chi connectivity index (χ0) is 11.0. The fraction of sp³-hybridized carbons (Fsp3) is 0. The van der Waals surface area contributed by atoms with Crippen LogP contribution in [0, 0.1) is 0 Å². The first-order valence-electron chi connectivity index (χ1n) is 4.92. The van der Waals surface area contributed by atoms with Gasteiger partial charge in [0.1, 0.15) is 11.6 Å². The van der Waals surface area contributed by atoms with E-state index < -0.39 is 0 Å². The maximum absolute atomic E-state index is 9.35. The van der Waals surface area contributed by atoms with Crippen molar-refractivity contribution in [1.29, 1.82) is 0 Å². The molecule has 4 nitrogen and oxygen atoms in total. The number of phenolic OH excluding ortho intramolecular Hbond substituents is 1. The maximum atomic E-state index is 9.35. The molecule has 0 spiro atoms. The third kappa shape index (κ3) is 1.40. The van der Waals surface area contributed by atoms with Crippen molar-refractivity contribution in [3.63, 3.8) is 0 Å². The van der Waals surface area contributed by atoms with Gasteiger partial charge in [-0.25, -0.2) is 4.98 Å². The van der Waals surface area contributed by atoms with E-state index in [1.165, 1.54) is 0 Å². The second kappa shape index (κ2) is 3.34. The van der Waals surface area contributed by atoms with Crippen LogP contribution in [-0.2, 0) is 0 Å². The summed E-state index contributed by atoms with van der Waals surface area (Å²) in [6, 6.07) is 8.84. The Kier molecular flexibility index (Phi) is 1.86. The number of hydrogen-bond acceptors (Lipinski definition) is 3. The molecular formula is C12H9N3O. The Hall–Kier alpha value is -2.36. The van der Waals surface area contributed by atoms with Gasteiger partial charge in [0.05, 0.1) is 11.0 Å². The number of benzene rings is 1. The van der Waals surface area contributed by atoms with E-state index in [4.69, 9.17) is 0 Å². The summed E-state index contributed by atoms with van der Waals surface area (Å²) >= 11 is 0. The van der Waals surface area contributed by atoms with Crippen molar-refractivity contribution < 1.29 is 5.11 Å². The van der Waals surface area contributed by atoms with Gasteiger partial charge >= 0.3 is 0 Å². The molecule has 0 atom stereocenters. The van der Waals surface area contributed by atoms with E-state index >= 15 is 0 Å². The van der Waals surface area contributed by atoms with Crippen LogP contribution in [0.4, 0.5) is 0 Å². The summed E-state index contributed by atoms with van der Waals surface area (Å²) in [6.07, 6.45) is 3.44. The van der Waals surface area contributed by atoms with Crippen molar-refractivity contribution in [2.75, 3.05) is 0 Å². The molecule has 3 aromatic rings. The number of phenols is 1. The zero-order valence-electron chi connectivity index (χ0n) is 8.38. The molecule has 0 aliphatic rings. The molecule has 0 amide bonds. The van der Waals surface area contributed by atoms with E-state index in [0.29, 0.717) is 0 Å². The minimum Gasteiger partial charge on any atom is -0.508 e. The highest BCUT2D eigenvalue weighted by atomic mass is 16.3. The van der Waals surface area contributed by atoms with Gasteiger partial charge in [0.25, 0.3) is 0 Å². The first kappa shape index (κ1) is 8.91. The van der Waals surface area contributed by atoms with Crippen LogP contribution in [0.3, 0.4) is 0 Å². The van der Waals surface area contributed by atoms with Gasteiger partial charge < -0.3 is 10.1 Å². The van der Waals surface area contributed by atoms with Gasteiger partial charge in [0.2, 0.25) is 0 Å². The van der Waals surface area contributed by atoms with E-state index in [2.05, 4.69) is 15.0 Å². The molecule has 0 aliphatic carbocycles. The van der Waals surface area contributed by atoms with E-state index in [1.807, 2.05) is 12.1 Å². The van der Waals surface area contributed by atoms with Crippen LogP contribution >= 0.6 is 0 Å². The minimum atomic E-state index is 0.234. The molecule has 0 fully saturated rings. The smallest absolute Gasteiger partial charge is 0.138 e. The Labute approximate surface area is 91.6 Å². The predicted molar refractivity (Wildman–Crippen MR) is 61.0 cm³/mol. The molecule has 2 aromatic heterocycles. The number of fused-ring (bicyclic) bond motifs is 1. The quantitative estimate of drug-likeness (QED) is 0.649. The van der Waals surface area contributed by atoms with E-state index in [9.17, 15) is 5.11 Å². The Morgan fingerprint density at radius 2 is 1.88 bits per heavy atom. The molecular weight excluding hydrogens is 202 g/mol. The van der Waals surface area contributed by atoms with Gasteiger partial charge in [0.15, 0.2) is 0 Å². The molecule has 2 heterocycles. The lowest BCUT2D eigenvalue weighted by molar-refractivity contribution is 0.476. The molecule has 0 bridgehead atoms. The van der Waals surface area contributed by atoms with Crippen LogP contribution in [0.25, 0.3) is 22.4 Å². The van der Waals surface area contributed by atoms with E-state index in [-0.39, 0.29) is 5.75 Å². The fourth-order valence-electron chi connectivity index (χ4n) is 1.64. The van der Waals surface area contributed by atoms with Crippen molar-refractivity contribution in [3.05, 3.63) is 42.7 Å². The molecule has 1 aromatic carbocycles. The summed E-state index contributed by atoms with van der Waals surface area (Å²) in [7, 11) is 0. The number of aromatic nitrogens is 3. The zero-order valence-corrected chi connectivity index (χ0v) is 8.38.